The number of nitrogens with zero attached hydrogens (tertiary/aromatic N) is 2. The monoisotopic (exact) mass is 276 g/mol. The summed E-state index contributed by atoms with van der Waals surface area (Å²) in [5.41, 5.74) is -0.398. The highest BCUT2D eigenvalue weighted by molar-refractivity contribution is 7.89. The van der Waals surface area contributed by atoms with Gasteiger partial charge in [-0.15, -0.1) is 0 Å². The molecule has 106 valence electrons. The fourth-order valence-corrected chi connectivity index (χ4v) is 3.52. The third-order valence-corrected chi connectivity index (χ3v) is 5.10. The van der Waals surface area contributed by atoms with Gasteiger partial charge in [-0.3, -0.25) is 4.79 Å². The Hall–Kier alpha value is -0.620. The Morgan fingerprint density at radius 1 is 1.11 bits per heavy atom. The number of hydrogen-bond acceptors (Lipinski definition) is 3. The highest BCUT2D eigenvalue weighted by Gasteiger charge is 2.32. The average molecular weight is 276 g/mol. The lowest BCUT2D eigenvalue weighted by atomic mass is 9.94. The maximum absolute atomic E-state index is 12.1. The summed E-state index contributed by atoms with van der Waals surface area (Å²) in [5, 5.41) is 0. The van der Waals surface area contributed by atoms with Crippen LogP contribution < -0.4 is 0 Å². The molecule has 1 aliphatic rings. The zero-order valence-corrected chi connectivity index (χ0v) is 12.6. The molecule has 0 aromatic rings. The van der Waals surface area contributed by atoms with Crippen molar-refractivity contribution < 1.29 is 13.2 Å². The largest absolute Gasteiger partial charge is 0.340 e. The van der Waals surface area contributed by atoms with E-state index in [1.807, 2.05) is 27.7 Å². The summed E-state index contributed by atoms with van der Waals surface area (Å²) in [4.78, 5) is 13.8. The first-order chi connectivity index (χ1) is 8.18. The second-order valence-electron chi connectivity index (χ2n) is 5.76. The summed E-state index contributed by atoms with van der Waals surface area (Å²) in [6.07, 6.45) is 0.628. The summed E-state index contributed by atoms with van der Waals surface area (Å²) >= 11 is 0. The van der Waals surface area contributed by atoms with Crippen molar-refractivity contribution in [1.82, 2.24) is 9.21 Å². The lowest BCUT2D eigenvalue weighted by molar-refractivity contribution is -0.140. The zero-order valence-electron chi connectivity index (χ0n) is 11.8. The van der Waals surface area contributed by atoms with Gasteiger partial charge in [0, 0.05) is 31.6 Å². The topological polar surface area (TPSA) is 57.7 Å². The molecule has 0 unspecified atom stereocenters. The molecule has 0 aromatic heterocycles. The molecule has 0 bridgehead atoms. The van der Waals surface area contributed by atoms with Crippen LogP contribution in [0, 0.1) is 5.41 Å². The Labute approximate surface area is 110 Å². The van der Waals surface area contributed by atoms with Crippen molar-refractivity contribution in [2.24, 2.45) is 5.41 Å². The SMILES string of the molecule is CCCS(=O)(=O)N1CCN(C(=O)C(C)(C)C)CC1. The minimum Gasteiger partial charge on any atom is -0.340 e. The quantitative estimate of drug-likeness (QED) is 0.770. The van der Waals surface area contributed by atoms with Crippen LogP contribution in [0.4, 0.5) is 0 Å². The van der Waals surface area contributed by atoms with Crippen molar-refractivity contribution in [2.45, 2.75) is 34.1 Å². The van der Waals surface area contributed by atoms with Crippen molar-refractivity contribution >= 4 is 15.9 Å². The fraction of sp³-hybridized carbons (Fsp3) is 0.917. The average Bonchev–Trinajstić information content (AvgIpc) is 2.27. The smallest absolute Gasteiger partial charge is 0.228 e. The van der Waals surface area contributed by atoms with Gasteiger partial charge in [-0.05, 0) is 6.42 Å². The summed E-state index contributed by atoms with van der Waals surface area (Å²) in [5.74, 6) is 0.287. The van der Waals surface area contributed by atoms with Crippen LogP contribution in [0.2, 0.25) is 0 Å². The van der Waals surface area contributed by atoms with E-state index in [1.54, 1.807) is 4.90 Å². The van der Waals surface area contributed by atoms with E-state index in [9.17, 15) is 13.2 Å². The highest BCUT2D eigenvalue weighted by atomic mass is 32.2. The predicted octanol–water partition coefficient (Wildman–Crippen LogP) is 0.916. The maximum Gasteiger partial charge on any atom is 0.228 e. The molecule has 0 spiro atoms. The van der Waals surface area contributed by atoms with Crippen LogP contribution in [0.15, 0.2) is 0 Å². The Kier molecular flexibility index (Phi) is 4.78. The van der Waals surface area contributed by atoms with Gasteiger partial charge in [0.25, 0.3) is 0 Å². The molecule has 0 saturated carbocycles. The van der Waals surface area contributed by atoms with Gasteiger partial charge in [-0.2, -0.15) is 4.31 Å². The number of piperazine rings is 1. The Morgan fingerprint density at radius 2 is 1.61 bits per heavy atom. The number of carbonyl (C=O) groups is 1. The van der Waals surface area contributed by atoms with Crippen LogP contribution >= 0.6 is 0 Å². The lowest BCUT2D eigenvalue weighted by Gasteiger charge is -2.37. The van der Waals surface area contributed by atoms with Gasteiger partial charge in [-0.1, -0.05) is 27.7 Å². The van der Waals surface area contributed by atoms with Gasteiger partial charge >= 0.3 is 0 Å². The third-order valence-electron chi connectivity index (χ3n) is 3.02. The summed E-state index contributed by atoms with van der Waals surface area (Å²) in [6, 6.07) is 0. The normalized spacial score (nSPS) is 19.0. The second-order valence-corrected chi connectivity index (χ2v) is 7.85. The van der Waals surface area contributed by atoms with Crippen molar-refractivity contribution in [3.05, 3.63) is 0 Å². The molecule has 0 aliphatic carbocycles. The van der Waals surface area contributed by atoms with Gasteiger partial charge in [0.2, 0.25) is 15.9 Å². The summed E-state index contributed by atoms with van der Waals surface area (Å²) < 4.78 is 25.3. The molecule has 1 saturated heterocycles. The van der Waals surface area contributed by atoms with Crippen molar-refractivity contribution in [3.8, 4) is 0 Å². The highest BCUT2D eigenvalue weighted by Crippen LogP contribution is 2.19. The van der Waals surface area contributed by atoms with E-state index >= 15 is 0 Å². The minimum absolute atomic E-state index is 0.0926. The van der Waals surface area contributed by atoms with E-state index in [4.69, 9.17) is 0 Å². The second kappa shape index (κ2) is 5.57. The van der Waals surface area contributed by atoms with E-state index in [1.165, 1.54) is 4.31 Å². The van der Waals surface area contributed by atoms with Crippen molar-refractivity contribution in [2.75, 3.05) is 31.9 Å². The van der Waals surface area contributed by atoms with E-state index in [0.29, 0.717) is 32.6 Å². The molecule has 5 nitrogen and oxygen atoms in total. The van der Waals surface area contributed by atoms with E-state index < -0.39 is 15.4 Å². The molecular formula is C12H24N2O3S. The molecule has 1 aliphatic heterocycles. The molecule has 0 N–H and O–H groups in total. The van der Waals surface area contributed by atoms with E-state index in [0.717, 1.165) is 0 Å². The van der Waals surface area contributed by atoms with Crippen LogP contribution in [0.3, 0.4) is 0 Å². The lowest BCUT2D eigenvalue weighted by Crippen LogP contribution is -2.53. The van der Waals surface area contributed by atoms with Gasteiger partial charge in [0.1, 0.15) is 0 Å². The van der Waals surface area contributed by atoms with E-state index in [2.05, 4.69) is 0 Å². The molecule has 1 heterocycles. The summed E-state index contributed by atoms with van der Waals surface area (Å²) in [6.45, 7) is 9.35. The Bertz CT molecular complexity index is 390. The standard InChI is InChI=1S/C12H24N2O3S/c1-5-10-18(16,17)14-8-6-13(7-9-14)11(15)12(2,3)4/h5-10H2,1-4H3. The van der Waals surface area contributed by atoms with Crippen molar-refractivity contribution in [1.29, 1.82) is 0 Å². The zero-order chi connectivity index (χ0) is 14.0. The first-order valence-corrected chi connectivity index (χ1v) is 8.06. The molecule has 1 rings (SSSR count). The number of sulfonamides is 1. The number of carbonyl (C=O) groups excluding carboxylic acids is 1. The van der Waals surface area contributed by atoms with Crippen LogP contribution in [-0.4, -0.2) is 55.5 Å². The van der Waals surface area contributed by atoms with Gasteiger partial charge < -0.3 is 4.90 Å². The number of rotatable bonds is 3. The molecule has 0 radical (unpaired) electrons. The first kappa shape index (κ1) is 15.4. The molecule has 1 fully saturated rings. The summed E-state index contributed by atoms with van der Waals surface area (Å²) in [7, 11) is -3.12. The maximum atomic E-state index is 12.1. The van der Waals surface area contributed by atoms with Crippen LogP contribution in [-0.2, 0) is 14.8 Å². The van der Waals surface area contributed by atoms with Crippen LogP contribution in [0.1, 0.15) is 34.1 Å². The molecule has 18 heavy (non-hydrogen) atoms. The van der Waals surface area contributed by atoms with Crippen LogP contribution in [0.25, 0.3) is 0 Å². The van der Waals surface area contributed by atoms with Crippen LogP contribution in [0.5, 0.6) is 0 Å². The van der Waals surface area contributed by atoms with Crippen molar-refractivity contribution in [3.63, 3.8) is 0 Å². The number of hydrogen-bond donors (Lipinski definition) is 0. The molecule has 0 atom stereocenters. The number of amides is 1. The molecular weight excluding hydrogens is 252 g/mol. The molecule has 0 aromatic carbocycles. The first-order valence-electron chi connectivity index (χ1n) is 6.45. The molecule has 1 amide bonds. The minimum atomic E-state index is -3.12. The Balaban J connectivity index is 2.59. The van der Waals surface area contributed by atoms with Gasteiger partial charge in [0.05, 0.1) is 5.75 Å². The van der Waals surface area contributed by atoms with Gasteiger partial charge in [-0.25, -0.2) is 8.42 Å². The van der Waals surface area contributed by atoms with E-state index in [-0.39, 0.29) is 11.7 Å². The third kappa shape index (κ3) is 3.68. The molecule has 6 heteroatoms. The Morgan fingerprint density at radius 3 is 2.00 bits per heavy atom. The van der Waals surface area contributed by atoms with Gasteiger partial charge in [0.15, 0.2) is 0 Å². The fourth-order valence-electron chi connectivity index (χ4n) is 2.03. The predicted molar refractivity (Wildman–Crippen MR) is 71.7 cm³/mol.